The van der Waals surface area contributed by atoms with Crippen molar-refractivity contribution in [3.8, 4) is 0 Å². The molecule has 0 bridgehead atoms. The second kappa shape index (κ2) is 6.91. The highest BCUT2D eigenvalue weighted by molar-refractivity contribution is 5.08. The second-order valence-electron chi connectivity index (χ2n) is 7.28. The summed E-state index contributed by atoms with van der Waals surface area (Å²) < 4.78 is 2.09. The first-order valence-electron chi connectivity index (χ1n) is 8.87. The zero-order valence-corrected chi connectivity index (χ0v) is 13.7. The average Bonchev–Trinajstić information content (AvgIpc) is 3.22. The highest BCUT2D eigenvalue weighted by Gasteiger charge is 2.27. The van der Waals surface area contributed by atoms with Crippen LogP contribution >= 0.6 is 0 Å². The molecular formula is C17H30N4. The lowest BCUT2D eigenvalue weighted by Gasteiger charge is -2.33. The van der Waals surface area contributed by atoms with E-state index in [2.05, 4.69) is 39.9 Å². The summed E-state index contributed by atoms with van der Waals surface area (Å²) in [4.78, 5) is 2.66. The van der Waals surface area contributed by atoms with Crippen LogP contribution in [0.3, 0.4) is 0 Å². The zero-order valence-electron chi connectivity index (χ0n) is 13.7. The molecule has 0 aromatic carbocycles. The summed E-state index contributed by atoms with van der Waals surface area (Å²) in [6.07, 6.45) is 10.1. The Bertz CT molecular complexity index is 430. The maximum absolute atomic E-state index is 4.32. The molecule has 0 radical (unpaired) electrons. The number of rotatable bonds is 7. The van der Waals surface area contributed by atoms with Gasteiger partial charge in [-0.3, -0.25) is 4.68 Å². The van der Waals surface area contributed by atoms with Gasteiger partial charge in [-0.2, -0.15) is 0 Å². The Labute approximate surface area is 128 Å². The molecule has 1 aromatic rings. The molecule has 21 heavy (non-hydrogen) atoms. The van der Waals surface area contributed by atoms with Gasteiger partial charge >= 0.3 is 0 Å². The van der Waals surface area contributed by atoms with Gasteiger partial charge in [0.2, 0.25) is 0 Å². The van der Waals surface area contributed by atoms with Crippen LogP contribution in [-0.2, 0) is 6.54 Å². The molecule has 1 aliphatic carbocycles. The monoisotopic (exact) mass is 290 g/mol. The van der Waals surface area contributed by atoms with Crippen LogP contribution in [0.4, 0.5) is 0 Å². The first kappa shape index (κ1) is 15.0. The van der Waals surface area contributed by atoms with Crippen molar-refractivity contribution in [3.05, 3.63) is 11.9 Å². The van der Waals surface area contributed by atoms with E-state index in [1.807, 2.05) is 0 Å². The molecule has 1 aliphatic heterocycles. The van der Waals surface area contributed by atoms with E-state index >= 15 is 0 Å². The molecule has 4 heteroatoms. The normalized spacial score (nSPS) is 22.6. The predicted molar refractivity (Wildman–Crippen MR) is 85.2 cm³/mol. The maximum atomic E-state index is 4.32. The molecule has 0 N–H and O–H groups in total. The Morgan fingerprint density at radius 2 is 2.00 bits per heavy atom. The summed E-state index contributed by atoms with van der Waals surface area (Å²) >= 11 is 0. The quantitative estimate of drug-likeness (QED) is 0.772. The molecule has 2 fully saturated rings. The molecule has 0 amide bonds. The summed E-state index contributed by atoms with van der Waals surface area (Å²) in [5.41, 5.74) is 1.22. The Morgan fingerprint density at radius 3 is 2.67 bits per heavy atom. The fourth-order valence-electron chi connectivity index (χ4n) is 3.61. The van der Waals surface area contributed by atoms with Gasteiger partial charge in [-0.1, -0.05) is 25.5 Å². The molecule has 0 unspecified atom stereocenters. The van der Waals surface area contributed by atoms with E-state index in [1.165, 1.54) is 63.9 Å². The molecule has 118 valence electrons. The minimum atomic E-state index is 0.723. The lowest BCUT2D eigenvalue weighted by atomic mass is 9.95. The van der Waals surface area contributed by atoms with Crippen LogP contribution in [0, 0.1) is 11.8 Å². The summed E-state index contributed by atoms with van der Waals surface area (Å²) in [5.74, 6) is 2.36. The number of likely N-dealkylation sites (tertiary alicyclic amines) is 1. The molecular weight excluding hydrogens is 260 g/mol. The summed E-state index contributed by atoms with van der Waals surface area (Å²) in [5, 5.41) is 8.64. The fraction of sp³-hybridized carbons (Fsp3) is 0.882. The molecule has 1 saturated heterocycles. The van der Waals surface area contributed by atoms with Crippen LogP contribution in [0.15, 0.2) is 6.20 Å². The second-order valence-corrected chi connectivity index (χ2v) is 7.28. The van der Waals surface area contributed by atoms with E-state index < -0.39 is 0 Å². The number of hydrogen-bond donors (Lipinski definition) is 0. The van der Waals surface area contributed by atoms with E-state index in [4.69, 9.17) is 0 Å². The van der Waals surface area contributed by atoms with Crippen LogP contribution in [0.25, 0.3) is 0 Å². The van der Waals surface area contributed by atoms with E-state index in [9.17, 15) is 0 Å². The Morgan fingerprint density at radius 1 is 1.24 bits per heavy atom. The first-order chi connectivity index (χ1) is 10.2. The van der Waals surface area contributed by atoms with Crippen LogP contribution in [0.1, 0.15) is 64.0 Å². The smallest absolute Gasteiger partial charge is 0.0857 e. The molecule has 3 rings (SSSR count). The highest BCUT2D eigenvalue weighted by atomic mass is 15.4. The topological polar surface area (TPSA) is 34.0 Å². The fourth-order valence-corrected chi connectivity index (χ4v) is 3.61. The van der Waals surface area contributed by atoms with E-state index in [-0.39, 0.29) is 0 Å². The molecule has 1 atom stereocenters. The van der Waals surface area contributed by atoms with Gasteiger partial charge < -0.3 is 4.90 Å². The van der Waals surface area contributed by atoms with Crippen molar-refractivity contribution in [2.75, 3.05) is 19.6 Å². The van der Waals surface area contributed by atoms with Crippen molar-refractivity contribution < 1.29 is 0 Å². The van der Waals surface area contributed by atoms with Crippen molar-refractivity contribution in [3.63, 3.8) is 0 Å². The minimum Gasteiger partial charge on any atom is -0.303 e. The van der Waals surface area contributed by atoms with Crippen molar-refractivity contribution in [2.24, 2.45) is 11.8 Å². The van der Waals surface area contributed by atoms with Gasteiger partial charge in [-0.15, -0.1) is 5.10 Å². The SMILES string of the molecule is CCC[C@H](C)CN1CCC(Cn2cc(C3CC3)nn2)CC1. The predicted octanol–water partition coefficient (Wildman–Crippen LogP) is 3.30. The number of nitrogens with zero attached hydrogens (tertiary/aromatic N) is 4. The summed E-state index contributed by atoms with van der Waals surface area (Å²) in [6.45, 7) is 9.57. The summed E-state index contributed by atoms with van der Waals surface area (Å²) in [7, 11) is 0. The lowest BCUT2D eigenvalue weighted by molar-refractivity contribution is 0.150. The van der Waals surface area contributed by atoms with E-state index in [1.54, 1.807) is 0 Å². The van der Waals surface area contributed by atoms with Gasteiger partial charge in [0.05, 0.1) is 5.69 Å². The van der Waals surface area contributed by atoms with Gasteiger partial charge in [0.15, 0.2) is 0 Å². The maximum Gasteiger partial charge on any atom is 0.0857 e. The van der Waals surface area contributed by atoms with E-state index in [0.717, 1.165) is 24.3 Å². The van der Waals surface area contributed by atoms with Crippen LogP contribution < -0.4 is 0 Å². The van der Waals surface area contributed by atoms with Crippen LogP contribution in [-0.4, -0.2) is 39.5 Å². The summed E-state index contributed by atoms with van der Waals surface area (Å²) in [6, 6.07) is 0. The molecule has 4 nitrogen and oxygen atoms in total. The average molecular weight is 290 g/mol. The van der Waals surface area contributed by atoms with Crippen LogP contribution in [0.5, 0.6) is 0 Å². The number of piperidine rings is 1. The molecule has 1 saturated carbocycles. The zero-order chi connectivity index (χ0) is 14.7. The van der Waals surface area contributed by atoms with Crippen molar-refractivity contribution in [2.45, 2.75) is 64.8 Å². The molecule has 2 heterocycles. The third kappa shape index (κ3) is 4.29. The standard InChI is InChI=1S/C17H30N4/c1-3-4-14(2)11-20-9-7-15(8-10-20)12-21-13-17(18-19-21)16-5-6-16/h13-16H,3-12H2,1-2H3/t14-/m0/s1. The first-order valence-corrected chi connectivity index (χ1v) is 8.87. The Hall–Kier alpha value is -0.900. The van der Waals surface area contributed by atoms with Gasteiger partial charge in [0.1, 0.15) is 0 Å². The van der Waals surface area contributed by atoms with Gasteiger partial charge in [0, 0.05) is 25.2 Å². The molecule has 1 aromatic heterocycles. The number of aromatic nitrogens is 3. The van der Waals surface area contributed by atoms with E-state index in [0.29, 0.717) is 0 Å². The Balaban J connectivity index is 1.40. The highest BCUT2D eigenvalue weighted by Crippen LogP contribution is 2.38. The van der Waals surface area contributed by atoms with Gasteiger partial charge in [0.25, 0.3) is 0 Å². The Kier molecular flexibility index (Phi) is 4.94. The molecule has 0 spiro atoms. The third-order valence-electron chi connectivity index (χ3n) is 5.06. The van der Waals surface area contributed by atoms with Gasteiger partial charge in [-0.25, -0.2) is 0 Å². The lowest BCUT2D eigenvalue weighted by Crippen LogP contribution is -2.37. The van der Waals surface area contributed by atoms with Crippen molar-refractivity contribution in [1.82, 2.24) is 19.9 Å². The van der Waals surface area contributed by atoms with Crippen LogP contribution in [0.2, 0.25) is 0 Å². The van der Waals surface area contributed by atoms with Gasteiger partial charge in [-0.05, 0) is 57.0 Å². The number of hydrogen-bond acceptors (Lipinski definition) is 3. The minimum absolute atomic E-state index is 0.723. The third-order valence-corrected chi connectivity index (χ3v) is 5.06. The van der Waals surface area contributed by atoms with Crippen molar-refractivity contribution >= 4 is 0 Å². The van der Waals surface area contributed by atoms with Crippen molar-refractivity contribution in [1.29, 1.82) is 0 Å². The molecule has 2 aliphatic rings. The largest absolute Gasteiger partial charge is 0.303 e.